The van der Waals surface area contributed by atoms with Gasteiger partial charge in [-0.2, -0.15) is 0 Å². The van der Waals surface area contributed by atoms with E-state index in [1.54, 1.807) is 0 Å². The number of hydrogen-bond donors (Lipinski definition) is 1. The number of carbonyl (C=O) groups is 1. The Morgan fingerprint density at radius 2 is 1.86 bits per heavy atom. The third-order valence-corrected chi connectivity index (χ3v) is 8.38. The molecule has 0 spiro atoms. The molecule has 0 unspecified atom stereocenters. The van der Waals surface area contributed by atoms with Gasteiger partial charge in [-0.25, -0.2) is 0 Å². The molecule has 182 valence electrons. The highest BCUT2D eigenvalue weighted by Gasteiger charge is 2.31. The van der Waals surface area contributed by atoms with Gasteiger partial charge in [0.2, 0.25) is 0 Å². The standard InChI is InChI=1S/C30H36N4O/c1-21-9-10-23-19-28(31-27(23)18-21)30(35)34-14-5-6-24(34)13-17-33-15-11-22(12-16-33)26-20-32(2)29-8-4-3-7-25(26)29/h3-4,7-10,18-20,22,24,31H,5-6,11-17H2,1-2H3/t24-/m0/s1. The molecule has 2 aliphatic rings. The maximum Gasteiger partial charge on any atom is 0.270 e. The Labute approximate surface area is 207 Å². The molecule has 2 aromatic carbocycles. The summed E-state index contributed by atoms with van der Waals surface area (Å²) in [6, 6.07) is 17.5. The van der Waals surface area contributed by atoms with Crippen molar-refractivity contribution in [2.24, 2.45) is 7.05 Å². The smallest absolute Gasteiger partial charge is 0.270 e. The van der Waals surface area contributed by atoms with Gasteiger partial charge in [0.05, 0.1) is 0 Å². The van der Waals surface area contributed by atoms with Crippen molar-refractivity contribution in [2.45, 2.75) is 51.0 Å². The van der Waals surface area contributed by atoms with E-state index in [2.05, 4.69) is 82.0 Å². The fourth-order valence-corrected chi connectivity index (χ4v) is 6.41. The van der Waals surface area contributed by atoms with Crippen LogP contribution in [0.2, 0.25) is 0 Å². The molecule has 1 N–H and O–H groups in total. The van der Waals surface area contributed by atoms with Crippen LogP contribution in [0.3, 0.4) is 0 Å². The molecular weight excluding hydrogens is 432 g/mol. The zero-order chi connectivity index (χ0) is 23.9. The number of aryl methyl sites for hydroxylation is 2. The summed E-state index contributed by atoms with van der Waals surface area (Å²) in [5, 5.41) is 2.53. The van der Waals surface area contributed by atoms with E-state index in [0.29, 0.717) is 12.0 Å². The zero-order valence-corrected chi connectivity index (χ0v) is 21.0. The summed E-state index contributed by atoms with van der Waals surface area (Å²) in [6.07, 6.45) is 8.09. The van der Waals surface area contributed by atoms with Crippen molar-refractivity contribution < 1.29 is 4.79 Å². The van der Waals surface area contributed by atoms with Crippen molar-refractivity contribution in [3.8, 4) is 0 Å². The lowest BCUT2D eigenvalue weighted by Crippen LogP contribution is -2.40. The maximum atomic E-state index is 13.4. The number of aromatic amines is 1. The topological polar surface area (TPSA) is 44.3 Å². The normalized spacial score (nSPS) is 19.8. The number of likely N-dealkylation sites (tertiary alicyclic amines) is 2. The highest BCUT2D eigenvalue weighted by Crippen LogP contribution is 2.34. The first-order valence-corrected chi connectivity index (χ1v) is 13.2. The number of piperidine rings is 1. The van der Waals surface area contributed by atoms with E-state index >= 15 is 0 Å². The van der Waals surface area contributed by atoms with E-state index in [4.69, 9.17) is 0 Å². The average molecular weight is 469 g/mol. The van der Waals surface area contributed by atoms with Crippen LogP contribution in [0, 0.1) is 6.92 Å². The molecule has 0 aliphatic carbocycles. The molecule has 1 atom stereocenters. The summed E-state index contributed by atoms with van der Waals surface area (Å²) in [4.78, 5) is 21.5. The van der Waals surface area contributed by atoms with Crippen molar-refractivity contribution in [3.05, 3.63) is 71.5 Å². The fraction of sp³-hybridized carbons (Fsp3) is 0.433. The van der Waals surface area contributed by atoms with Gasteiger partial charge < -0.3 is 19.4 Å². The Morgan fingerprint density at radius 3 is 2.71 bits per heavy atom. The molecule has 5 nitrogen and oxygen atoms in total. The summed E-state index contributed by atoms with van der Waals surface area (Å²) >= 11 is 0. The van der Waals surface area contributed by atoms with Crippen molar-refractivity contribution in [1.29, 1.82) is 0 Å². The molecule has 2 saturated heterocycles. The molecule has 0 radical (unpaired) electrons. The maximum absolute atomic E-state index is 13.4. The predicted molar refractivity (Wildman–Crippen MR) is 143 cm³/mol. The number of amides is 1. The number of aromatic nitrogens is 2. The number of H-pyrrole nitrogens is 1. The Hall–Kier alpha value is -3.05. The molecular formula is C30H36N4O. The monoisotopic (exact) mass is 468 g/mol. The molecule has 4 heterocycles. The minimum Gasteiger partial charge on any atom is -0.351 e. The number of para-hydroxylation sites is 1. The lowest BCUT2D eigenvalue weighted by molar-refractivity contribution is 0.0712. The first-order valence-electron chi connectivity index (χ1n) is 13.2. The van der Waals surface area contributed by atoms with Gasteiger partial charge in [0.15, 0.2) is 0 Å². The van der Waals surface area contributed by atoms with E-state index in [1.165, 1.54) is 34.9 Å². The van der Waals surface area contributed by atoms with Gasteiger partial charge in [-0.05, 0) is 87.4 Å². The number of nitrogens with zero attached hydrogens (tertiary/aromatic N) is 3. The molecule has 0 saturated carbocycles. The molecule has 2 fully saturated rings. The summed E-state index contributed by atoms with van der Waals surface area (Å²) in [6.45, 7) is 6.35. The third kappa shape index (κ3) is 4.27. The second-order valence-corrected chi connectivity index (χ2v) is 10.7. The van der Waals surface area contributed by atoms with Crippen LogP contribution in [-0.2, 0) is 7.05 Å². The van der Waals surface area contributed by atoms with Gasteiger partial charge in [0.1, 0.15) is 5.69 Å². The molecule has 1 amide bonds. The molecule has 2 aromatic heterocycles. The van der Waals surface area contributed by atoms with E-state index < -0.39 is 0 Å². The molecule has 0 bridgehead atoms. The van der Waals surface area contributed by atoms with E-state index in [1.807, 2.05) is 6.07 Å². The van der Waals surface area contributed by atoms with E-state index in [-0.39, 0.29) is 5.91 Å². The number of hydrogen-bond acceptors (Lipinski definition) is 2. The van der Waals surface area contributed by atoms with Gasteiger partial charge in [-0.15, -0.1) is 0 Å². The Bertz CT molecular complexity index is 1360. The van der Waals surface area contributed by atoms with Crippen molar-refractivity contribution >= 4 is 27.7 Å². The molecule has 4 aromatic rings. The predicted octanol–water partition coefficient (Wildman–Crippen LogP) is 5.84. The first kappa shape index (κ1) is 22.4. The molecule has 2 aliphatic heterocycles. The summed E-state index contributed by atoms with van der Waals surface area (Å²) in [5.41, 5.74) is 5.85. The first-order chi connectivity index (χ1) is 17.1. The number of carbonyl (C=O) groups excluding carboxylic acids is 1. The van der Waals surface area contributed by atoms with E-state index in [0.717, 1.165) is 62.0 Å². The zero-order valence-electron chi connectivity index (χ0n) is 21.0. The number of benzene rings is 2. The molecule has 35 heavy (non-hydrogen) atoms. The minimum atomic E-state index is 0.163. The van der Waals surface area contributed by atoms with E-state index in [9.17, 15) is 4.79 Å². The van der Waals surface area contributed by atoms with Crippen LogP contribution in [0.4, 0.5) is 0 Å². The van der Waals surface area contributed by atoms with Crippen LogP contribution >= 0.6 is 0 Å². The third-order valence-electron chi connectivity index (χ3n) is 8.38. The second-order valence-electron chi connectivity index (χ2n) is 10.7. The van der Waals surface area contributed by atoms with Gasteiger partial charge in [0.25, 0.3) is 5.91 Å². The fourth-order valence-electron chi connectivity index (χ4n) is 6.41. The summed E-state index contributed by atoms with van der Waals surface area (Å²) in [5.74, 6) is 0.809. The van der Waals surface area contributed by atoms with Crippen molar-refractivity contribution in [3.63, 3.8) is 0 Å². The van der Waals surface area contributed by atoms with Gasteiger partial charge in [-0.1, -0.05) is 30.3 Å². The van der Waals surface area contributed by atoms with Gasteiger partial charge in [-0.3, -0.25) is 4.79 Å². The SMILES string of the molecule is Cc1ccc2cc(C(=O)N3CCC[C@H]3CCN3CCC(c4cn(C)c5ccccc45)CC3)[nH]c2c1. The molecule has 6 rings (SSSR count). The van der Waals surface area contributed by atoms with Crippen LogP contribution < -0.4 is 0 Å². The average Bonchev–Trinajstić information content (AvgIpc) is 3.60. The number of fused-ring (bicyclic) bond motifs is 2. The van der Waals surface area contributed by atoms with Crippen molar-refractivity contribution in [1.82, 2.24) is 19.4 Å². The molecule has 5 heteroatoms. The largest absolute Gasteiger partial charge is 0.351 e. The Balaban J connectivity index is 1.06. The summed E-state index contributed by atoms with van der Waals surface area (Å²) in [7, 11) is 2.16. The van der Waals surface area contributed by atoms with Crippen molar-refractivity contribution in [2.75, 3.05) is 26.2 Å². The lowest BCUT2D eigenvalue weighted by atomic mass is 9.89. The highest BCUT2D eigenvalue weighted by atomic mass is 16.2. The minimum absolute atomic E-state index is 0.163. The van der Waals surface area contributed by atoms with Crippen LogP contribution in [0.25, 0.3) is 21.8 Å². The Kier molecular flexibility index (Phi) is 5.89. The van der Waals surface area contributed by atoms with Gasteiger partial charge in [0, 0.05) is 54.2 Å². The number of nitrogens with one attached hydrogen (secondary N) is 1. The van der Waals surface area contributed by atoms with Crippen LogP contribution in [0.1, 0.15) is 59.6 Å². The van der Waals surface area contributed by atoms with Crippen LogP contribution in [0.15, 0.2) is 54.7 Å². The Morgan fingerprint density at radius 1 is 1.03 bits per heavy atom. The second kappa shape index (κ2) is 9.19. The number of rotatable bonds is 5. The quantitative estimate of drug-likeness (QED) is 0.400. The van der Waals surface area contributed by atoms with Crippen LogP contribution in [-0.4, -0.2) is 57.5 Å². The van der Waals surface area contributed by atoms with Crippen LogP contribution in [0.5, 0.6) is 0 Å². The van der Waals surface area contributed by atoms with Gasteiger partial charge >= 0.3 is 0 Å². The highest BCUT2D eigenvalue weighted by molar-refractivity contribution is 5.98. The lowest BCUT2D eigenvalue weighted by Gasteiger charge is -2.33. The summed E-state index contributed by atoms with van der Waals surface area (Å²) < 4.78 is 2.27.